The van der Waals surface area contributed by atoms with Gasteiger partial charge in [0.2, 0.25) is 0 Å². The minimum absolute atomic E-state index is 0.393. The van der Waals surface area contributed by atoms with E-state index >= 15 is 0 Å². The molecule has 1 saturated carbocycles. The second-order valence-corrected chi connectivity index (χ2v) is 7.26. The fraction of sp³-hybridized carbons (Fsp3) is 1.00. The van der Waals surface area contributed by atoms with E-state index in [0.29, 0.717) is 5.41 Å². The molecule has 0 spiro atoms. The molecule has 2 N–H and O–H groups in total. The number of nitrogens with zero attached hydrogens (tertiary/aromatic N) is 1. The van der Waals surface area contributed by atoms with E-state index < -0.39 is 0 Å². The molecule has 0 aromatic rings. The molecule has 1 aliphatic heterocycles. The van der Waals surface area contributed by atoms with Gasteiger partial charge in [-0.1, -0.05) is 39.5 Å². The Labute approximate surface area is 119 Å². The third-order valence-electron chi connectivity index (χ3n) is 4.59. The zero-order valence-electron chi connectivity index (χ0n) is 13.0. The lowest BCUT2D eigenvalue weighted by molar-refractivity contribution is 0.154. The van der Waals surface area contributed by atoms with Gasteiger partial charge >= 0.3 is 0 Å². The summed E-state index contributed by atoms with van der Waals surface area (Å²) in [6.45, 7) is 12.0. The predicted octanol–water partition coefficient (Wildman–Crippen LogP) is 2.23. The lowest BCUT2D eigenvalue weighted by Crippen LogP contribution is -2.49. The first-order valence-electron chi connectivity index (χ1n) is 8.32. The van der Waals surface area contributed by atoms with Crippen LogP contribution in [0.5, 0.6) is 0 Å². The summed E-state index contributed by atoms with van der Waals surface area (Å²) in [4.78, 5) is 2.62. The van der Waals surface area contributed by atoms with Crippen molar-refractivity contribution in [3.05, 3.63) is 0 Å². The molecular formula is C16H33N3. The van der Waals surface area contributed by atoms with E-state index in [1.54, 1.807) is 0 Å². The first kappa shape index (κ1) is 15.3. The lowest BCUT2D eigenvalue weighted by atomic mass is 9.91. The van der Waals surface area contributed by atoms with Crippen molar-refractivity contribution in [2.24, 2.45) is 5.41 Å². The average Bonchev–Trinajstić information content (AvgIpc) is 2.66. The average molecular weight is 267 g/mol. The summed E-state index contributed by atoms with van der Waals surface area (Å²) in [7, 11) is 0. The van der Waals surface area contributed by atoms with Gasteiger partial charge in [0, 0.05) is 45.3 Å². The minimum Gasteiger partial charge on any atom is -0.314 e. The molecule has 0 aromatic heterocycles. The highest BCUT2D eigenvalue weighted by atomic mass is 15.2. The zero-order chi connectivity index (χ0) is 13.6. The topological polar surface area (TPSA) is 27.3 Å². The highest BCUT2D eigenvalue weighted by Crippen LogP contribution is 2.20. The predicted molar refractivity (Wildman–Crippen MR) is 82.6 cm³/mol. The number of rotatable bonds is 5. The van der Waals surface area contributed by atoms with Crippen LogP contribution in [-0.4, -0.2) is 50.2 Å². The lowest BCUT2D eigenvalue weighted by Gasteiger charge is -2.36. The van der Waals surface area contributed by atoms with Gasteiger partial charge in [0.05, 0.1) is 0 Å². The Balaban J connectivity index is 1.69. The van der Waals surface area contributed by atoms with Crippen molar-refractivity contribution in [2.75, 3.05) is 39.3 Å². The van der Waals surface area contributed by atoms with Crippen molar-refractivity contribution in [2.45, 2.75) is 58.4 Å². The maximum absolute atomic E-state index is 3.85. The molecule has 1 aliphatic carbocycles. The maximum Gasteiger partial charge on any atom is 0.0108 e. The van der Waals surface area contributed by atoms with Gasteiger partial charge in [-0.05, 0) is 18.3 Å². The van der Waals surface area contributed by atoms with Crippen LogP contribution in [0.15, 0.2) is 0 Å². The van der Waals surface area contributed by atoms with Crippen LogP contribution in [0.25, 0.3) is 0 Å². The molecule has 1 heterocycles. The van der Waals surface area contributed by atoms with Crippen molar-refractivity contribution in [1.82, 2.24) is 15.5 Å². The second kappa shape index (κ2) is 7.61. The summed E-state index contributed by atoms with van der Waals surface area (Å²) in [5.74, 6) is 0. The van der Waals surface area contributed by atoms with E-state index in [2.05, 4.69) is 29.4 Å². The summed E-state index contributed by atoms with van der Waals surface area (Å²) in [6.07, 6.45) is 8.53. The van der Waals surface area contributed by atoms with E-state index in [9.17, 15) is 0 Å². The summed E-state index contributed by atoms with van der Waals surface area (Å²) in [5, 5.41) is 7.28. The molecule has 0 radical (unpaired) electrons. The van der Waals surface area contributed by atoms with Crippen LogP contribution in [0.4, 0.5) is 0 Å². The van der Waals surface area contributed by atoms with E-state index in [-0.39, 0.29) is 0 Å². The van der Waals surface area contributed by atoms with Crippen molar-refractivity contribution in [1.29, 1.82) is 0 Å². The molecule has 0 bridgehead atoms. The van der Waals surface area contributed by atoms with Crippen molar-refractivity contribution in [3.63, 3.8) is 0 Å². The normalized spacial score (nSPS) is 24.3. The van der Waals surface area contributed by atoms with Crippen LogP contribution >= 0.6 is 0 Å². The Morgan fingerprint density at radius 1 is 1.05 bits per heavy atom. The maximum atomic E-state index is 3.85. The van der Waals surface area contributed by atoms with Crippen LogP contribution in [0.2, 0.25) is 0 Å². The van der Waals surface area contributed by atoms with Crippen molar-refractivity contribution in [3.8, 4) is 0 Å². The van der Waals surface area contributed by atoms with E-state index in [1.807, 2.05) is 0 Å². The zero-order valence-corrected chi connectivity index (χ0v) is 13.0. The molecule has 2 aliphatic rings. The number of piperazine rings is 1. The molecule has 112 valence electrons. The van der Waals surface area contributed by atoms with E-state index in [4.69, 9.17) is 0 Å². The third-order valence-corrected chi connectivity index (χ3v) is 4.59. The summed E-state index contributed by atoms with van der Waals surface area (Å²) in [5.41, 5.74) is 0.393. The fourth-order valence-corrected chi connectivity index (χ4v) is 3.43. The number of hydrogen-bond donors (Lipinski definition) is 2. The molecule has 19 heavy (non-hydrogen) atoms. The molecule has 3 nitrogen and oxygen atoms in total. The summed E-state index contributed by atoms with van der Waals surface area (Å²) >= 11 is 0. The second-order valence-electron chi connectivity index (χ2n) is 7.26. The van der Waals surface area contributed by atoms with Gasteiger partial charge in [0.25, 0.3) is 0 Å². The summed E-state index contributed by atoms with van der Waals surface area (Å²) in [6, 6.07) is 0.782. The molecular weight excluding hydrogens is 234 g/mol. The molecule has 0 unspecified atom stereocenters. The van der Waals surface area contributed by atoms with Crippen LogP contribution in [0, 0.1) is 5.41 Å². The highest BCUT2D eigenvalue weighted by Gasteiger charge is 2.24. The Kier molecular flexibility index (Phi) is 6.11. The van der Waals surface area contributed by atoms with E-state index in [1.165, 1.54) is 64.7 Å². The van der Waals surface area contributed by atoms with Crippen LogP contribution < -0.4 is 10.6 Å². The Hall–Kier alpha value is -0.120. The van der Waals surface area contributed by atoms with Gasteiger partial charge in [0.15, 0.2) is 0 Å². The highest BCUT2D eigenvalue weighted by molar-refractivity contribution is 4.81. The quantitative estimate of drug-likeness (QED) is 0.748. The fourth-order valence-electron chi connectivity index (χ4n) is 3.43. The van der Waals surface area contributed by atoms with E-state index in [0.717, 1.165) is 19.1 Å². The standard InChI is InChI=1S/C16H33N3/c1-16(2,14-19-11-9-17-10-12-19)13-18-15-7-5-3-4-6-8-15/h15,17-18H,3-14H2,1-2H3. The van der Waals surface area contributed by atoms with Crippen LogP contribution in [-0.2, 0) is 0 Å². The van der Waals surface area contributed by atoms with Gasteiger partial charge < -0.3 is 15.5 Å². The molecule has 3 heteroatoms. The largest absolute Gasteiger partial charge is 0.314 e. The first-order valence-corrected chi connectivity index (χ1v) is 8.32. The van der Waals surface area contributed by atoms with Gasteiger partial charge in [-0.15, -0.1) is 0 Å². The monoisotopic (exact) mass is 267 g/mol. The number of nitrogens with one attached hydrogen (secondary N) is 2. The molecule has 1 saturated heterocycles. The molecule has 2 rings (SSSR count). The number of hydrogen-bond acceptors (Lipinski definition) is 3. The van der Waals surface area contributed by atoms with Gasteiger partial charge in [-0.25, -0.2) is 0 Å². The molecule has 0 amide bonds. The Morgan fingerprint density at radius 2 is 1.68 bits per heavy atom. The first-order chi connectivity index (χ1) is 9.16. The SMILES string of the molecule is CC(C)(CNC1CCCCCC1)CN1CCNCC1. The van der Waals surface area contributed by atoms with Gasteiger partial charge in [0.1, 0.15) is 0 Å². The van der Waals surface area contributed by atoms with Gasteiger partial charge in [-0.2, -0.15) is 0 Å². The minimum atomic E-state index is 0.393. The van der Waals surface area contributed by atoms with Gasteiger partial charge in [-0.3, -0.25) is 0 Å². The molecule has 0 atom stereocenters. The van der Waals surface area contributed by atoms with Crippen molar-refractivity contribution >= 4 is 0 Å². The third kappa shape index (κ3) is 5.80. The smallest absolute Gasteiger partial charge is 0.0108 e. The van der Waals surface area contributed by atoms with Crippen LogP contribution in [0.1, 0.15) is 52.4 Å². The Bertz CT molecular complexity index is 238. The molecule has 2 fully saturated rings. The Morgan fingerprint density at radius 3 is 2.32 bits per heavy atom. The molecule has 0 aromatic carbocycles. The van der Waals surface area contributed by atoms with Crippen molar-refractivity contribution < 1.29 is 0 Å². The summed E-state index contributed by atoms with van der Waals surface area (Å²) < 4.78 is 0. The van der Waals surface area contributed by atoms with Crippen LogP contribution in [0.3, 0.4) is 0 Å².